The van der Waals surface area contributed by atoms with Gasteiger partial charge in [-0.05, 0) is 37.5 Å². The van der Waals surface area contributed by atoms with Crippen molar-refractivity contribution in [3.05, 3.63) is 0 Å². The van der Waals surface area contributed by atoms with Crippen LogP contribution in [0.15, 0.2) is 0 Å². The summed E-state index contributed by atoms with van der Waals surface area (Å²) in [4.78, 5) is 13.9. The zero-order chi connectivity index (χ0) is 13.1. The van der Waals surface area contributed by atoms with Crippen LogP contribution in [-0.4, -0.2) is 36.5 Å². The molecule has 3 nitrogen and oxygen atoms in total. The first-order chi connectivity index (χ1) is 8.59. The summed E-state index contributed by atoms with van der Waals surface area (Å²) in [7, 11) is 1.95. The number of likely N-dealkylation sites (N-methyl/N-ethyl adjacent to an activating group) is 1. The molecule has 0 bridgehead atoms. The number of hydrogen-bond donors (Lipinski definition) is 1. The van der Waals surface area contributed by atoms with E-state index in [-0.39, 0.29) is 5.91 Å². The van der Waals surface area contributed by atoms with Crippen LogP contribution in [0, 0.1) is 11.8 Å². The number of carbonyl (C=O) groups is 1. The first kappa shape index (κ1) is 13.9. The first-order valence-electron chi connectivity index (χ1n) is 7.58. The fourth-order valence-corrected chi connectivity index (χ4v) is 3.22. The third kappa shape index (κ3) is 3.47. The Hall–Kier alpha value is -0.570. The van der Waals surface area contributed by atoms with Crippen molar-refractivity contribution in [1.82, 2.24) is 10.2 Å². The molecule has 0 radical (unpaired) electrons. The van der Waals surface area contributed by atoms with Gasteiger partial charge in [0.25, 0.3) is 0 Å². The molecule has 104 valence electrons. The number of hydrogen-bond acceptors (Lipinski definition) is 2. The topological polar surface area (TPSA) is 32.3 Å². The van der Waals surface area contributed by atoms with Gasteiger partial charge in [0.1, 0.15) is 0 Å². The highest BCUT2D eigenvalue weighted by molar-refractivity contribution is 5.78. The Kier molecular flexibility index (Phi) is 4.66. The summed E-state index contributed by atoms with van der Waals surface area (Å²) in [5.41, 5.74) is 0. The molecule has 0 saturated heterocycles. The van der Waals surface area contributed by atoms with Crippen LogP contribution in [0.3, 0.4) is 0 Å². The van der Waals surface area contributed by atoms with Crippen LogP contribution in [0.5, 0.6) is 0 Å². The van der Waals surface area contributed by atoms with E-state index in [0.717, 1.165) is 11.8 Å². The largest absolute Gasteiger partial charge is 0.342 e. The van der Waals surface area contributed by atoms with Crippen molar-refractivity contribution in [1.29, 1.82) is 0 Å². The van der Waals surface area contributed by atoms with Crippen molar-refractivity contribution in [3.8, 4) is 0 Å². The van der Waals surface area contributed by atoms with Gasteiger partial charge in [0.05, 0.1) is 6.54 Å². The smallest absolute Gasteiger partial charge is 0.236 e. The van der Waals surface area contributed by atoms with Gasteiger partial charge in [-0.1, -0.05) is 26.7 Å². The summed E-state index contributed by atoms with van der Waals surface area (Å²) in [6.45, 7) is 5.15. The molecule has 0 heterocycles. The highest BCUT2D eigenvalue weighted by Gasteiger charge is 2.31. The molecule has 18 heavy (non-hydrogen) atoms. The second-order valence-electron chi connectivity index (χ2n) is 6.42. The normalized spacial score (nSPS) is 28.4. The maximum absolute atomic E-state index is 12.0. The third-order valence-electron chi connectivity index (χ3n) is 4.68. The molecule has 0 spiro atoms. The Morgan fingerprint density at radius 3 is 2.50 bits per heavy atom. The third-order valence-corrected chi connectivity index (χ3v) is 4.68. The molecule has 2 unspecified atom stereocenters. The fourth-order valence-electron chi connectivity index (χ4n) is 3.22. The van der Waals surface area contributed by atoms with Crippen molar-refractivity contribution in [2.75, 3.05) is 13.6 Å². The van der Waals surface area contributed by atoms with E-state index in [1.807, 2.05) is 11.9 Å². The first-order valence-corrected chi connectivity index (χ1v) is 7.58. The molecule has 2 atom stereocenters. The maximum Gasteiger partial charge on any atom is 0.236 e. The molecule has 0 aromatic carbocycles. The minimum absolute atomic E-state index is 0.269. The summed E-state index contributed by atoms with van der Waals surface area (Å²) in [6, 6.07) is 1.09. The molecule has 2 aliphatic rings. The average Bonchev–Trinajstić information content (AvgIpc) is 3.19. The molecule has 1 N–H and O–H groups in total. The fraction of sp³-hybridized carbons (Fsp3) is 0.933. The van der Waals surface area contributed by atoms with Crippen LogP contribution in [-0.2, 0) is 4.79 Å². The Morgan fingerprint density at radius 1 is 1.22 bits per heavy atom. The molecule has 2 saturated carbocycles. The summed E-state index contributed by atoms with van der Waals surface area (Å²) in [5.74, 6) is 1.74. The molecule has 3 heteroatoms. The maximum atomic E-state index is 12.0. The van der Waals surface area contributed by atoms with E-state index in [1.54, 1.807) is 0 Å². The minimum atomic E-state index is 0.269. The second-order valence-corrected chi connectivity index (χ2v) is 6.42. The zero-order valence-corrected chi connectivity index (χ0v) is 12.1. The van der Waals surface area contributed by atoms with Crippen LogP contribution in [0.1, 0.15) is 52.4 Å². The minimum Gasteiger partial charge on any atom is -0.342 e. The number of carbonyl (C=O) groups excluding carboxylic acids is 1. The van der Waals surface area contributed by atoms with Crippen molar-refractivity contribution in [3.63, 3.8) is 0 Å². The van der Waals surface area contributed by atoms with E-state index in [9.17, 15) is 4.79 Å². The number of nitrogens with one attached hydrogen (secondary N) is 1. The highest BCUT2D eigenvalue weighted by Crippen LogP contribution is 2.30. The summed E-state index contributed by atoms with van der Waals surface area (Å²) >= 11 is 0. The Morgan fingerprint density at radius 2 is 1.89 bits per heavy atom. The van der Waals surface area contributed by atoms with Crippen molar-refractivity contribution < 1.29 is 4.79 Å². The molecule has 1 amide bonds. The van der Waals surface area contributed by atoms with Gasteiger partial charge in [-0.3, -0.25) is 4.79 Å². The standard InChI is InChI=1S/C15H28N2O/c1-11(2)13-6-4-5-7-14(13)16-10-15(18)17(3)12-8-9-12/h11-14,16H,4-10H2,1-3H3. The summed E-state index contributed by atoms with van der Waals surface area (Å²) in [6.07, 6.45) is 7.62. The molecule has 0 aromatic heterocycles. The van der Waals surface area contributed by atoms with Crippen LogP contribution in [0.25, 0.3) is 0 Å². The van der Waals surface area contributed by atoms with Crippen LogP contribution >= 0.6 is 0 Å². The molecule has 2 aliphatic carbocycles. The van der Waals surface area contributed by atoms with Crippen molar-refractivity contribution in [2.24, 2.45) is 11.8 Å². The van der Waals surface area contributed by atoms with Gasteiger partial charge in [-0.25, -0.2) is 0 Å². The van der Waals surface area contributed by atoms with Crippen molar-refractivity contribution >= 4 is 5.91 Å². The van der Waals surface area contributed by atoms with Crippen LogP contribution < -0.4 is 5.32 Å². The predicted molar refractivity (Wildman–Crippen MR) is 74.4 cm³/mol. The van der Waals surface area contributed by atoms with Gasteiger partial charge >= 0.3 is 0 Å². The zero-order valence-electron chi connectivity index (χ0n) is 12.1. The quantitative estimate of drug-likeness (QED) is 0.815. The van der Waals surface area contributed by atoms with Gasteiger partial charge in [0.15, 0.2) is 0 Å². The lowest BCUT2D eigenvalue weighted by molar-refractivity contribution is -0.129. The molecular formula is C15H28N2O. The molecule has 0 aromatic rings. The Balaban J connectivity index is 1.78. The van der Waals surface area contributed by atoms with E-state index >= 15 is 0 Å². The van der Waals surface area contributed by atoms with E-state index in [2.05, 4.69) is 19.2 Å². The Labute approximate surface area is 111 Å². The summed E-state index contributed by atoms with van der Waals surface area (Å²) in [5, 5.41) is 3.53. The highest BCUT2D eigenvalue weighted by atomic mass is 16.2. The SMILES string of the molecule is CC(C)C1CCCCC1NCC(=O)N(C)C1CC1. The molecule has 0 aliphatic heterocycles. The Bertz CT molecular complexity index is 286. The molecule has 2 fully saturated rings. The van der Waals surface area contributed by atoms with Gasteiger partial charge < -0.3 is 10.2 Å². The predicted octanol–water partition coefficient (Wildman–Crippen LogP) is 2.41. The number of amides is 1. The van der Waals surface area contributed by atoms with Gasteiger partial charge in [-0.15, -0.1) is 0 Å². The summed E-state index contributed by atoms with van der Waals surface area (Å²) < 4.78 is 0. The average molecular weight is 252 g/mol. The lowest BCUT2D eigenvalue weighted by atomic mass is 9.78. The van der Waals surface area contributed by atoms with Gasteiger partial charge in [0.2, 0.25) is 5.91 Å². The van der Waals surface area contributed by atoms with Crippen molar-refractivity contribution in [2.45, 2.75) is 64.5 Å². The van der Waals surface area contributed by atoms with E-state index < -0.39 is 0 Å². The monoisotopic (exact) mass is 252 g/mol. The van der Waals surface area contributed by atoms with Crippen LogP contribution in [0.4, 0.5) is 0 Å². The van der Waals surface area contributed by atoms with E-state index in [0.29, 0.717) is 18.6 Å². The second kappa shape index (κ2) is 6.05. The number of rotatable bonds is 5. The molecular weight excluding hydrogens is 224 g/mol. The van der Waals surface area contributed by atoms with E-state index in [4.69, 9.17) is 0 Å². The van der Waals surface area contributed by atoms with E-state index in [1.165, 1.54) is 38.5 Å². The van der Waals surface area contributed by atoms with Crippen LogP contribution in [0.2, 0.25) is 0 Å². The van der Waals surface area contributed by atoms with Gasteiger partial charge in [-0.2, -0.15) is 0 Å². The lowest BCUT2D eigenvalue weighted by Crippen LogP contribution is -2.46. The number of nitrogens with zero attached hydrogens (tertiary/aromatic N) is 1. The molecule has 2 rings (SSSR count). The lowest BCUT2D eigenvalue weighted by Gasteiger charge is -2.35. The van der Waals surface area contributed by atoms with Gasteiger partial charge in [0, 0.05) is 19.1 Å².